The van der Waals surface area contributed by atoms with Crippen molar-refractivity contribution < 1.29 is 18.1 Å². The molecule has 3 heterocycles. The van der Waals surface area contributed by atoms with E-state index in [1.165, 1.54) is 12.1 Å². The fourth-order valence-electron chi connectivity index (χ4n) is 3.30. The maximum atomic E-state index is 14.1. The van der Waals surface area contributed by atoms with Crippen LogP contribution in [0.5, 0.6) is 0 Å². The lowest BCUT2D eigenvalue weighted by Crippen LogP contribution is -2.50. The molecule has 9 heteroatoms. The van der Waals surface area contributed by atoms with Gasteiger partial charge in [-0.05, 0) is 38.1 Å². The van der Waals surface area contributed by atoms with Crippen LogP contribution in [0.4, 0.5) is 25.3 Å². The molecule has 1 aliphatic rings. The highest BCUT2D eigenvalue weighted by atomic mass is 19.2. The predicted octanol–water partition coefficient (Wildman–Crippen LogP) is 3.99. The second-order valence-corrected chi connectivity index (χ2v) is 7.11. The van der Waals surface area contributed by atoms with Crippen molar-refractivity contribution in [2.45, 2.75) is 13.8 Å². The summed E-state index contributed by atoms with van der Waals surface area (Å²) in [6, 6.07) is 9.00. The molecular formula is C21H21F2N5O2. The van der Waals surface area contributed by atoms with Crippen molar-refractivity contribution >= 4 is 17.7 Å². The fraction of sp³-hybridized carbons (Fsp3) is 0.286. The molecule has 1 N–H and O–H groups in total. The van der Waals surface area contributed by atoms with Crippen LogP contribution in [0.15, 0.2) is 40.9 Å². The Morgan fingerprint density at radius 2 is 1.80 bits per heavy atom. The molecule has 1 saturated heterocycles. The molecule has 3 aromatic rings. The summed E-state index contributed by atoms with van der Waals surface area (Å²) in [5, 5.41) is 6.58. The lowest BCUT2D eigenvalue weighted by molar-refractivity contribution is 0.207. The first-order valence-electron chi connectivity index (χ1n) is 9.59. The number of anilines is 2. The number of aromatic nitrogens is 2. The molecule has 2 aromatic heterocycles. The van der Waals surface area contributed by atoms with Crippen molar-refractivity contribution in [3.05, 3.63) is 59.3 Å². The minimum absolute atomic E-state index is 0.118. The third-order valence-corrected chi connectivity index (χ3v) is 5.23. The van der Waals surface area contributed by atoms with Gasteiger partial charge in [-0.25, -0.2) is 18.6 Å². The van der Waals surface area contributed by atoms with Crippen LogP contribution in [-0.2, 0) is 0 Å². The normalized spacial score (nSPS) is 14.1. The Morgan fingerprint density at radius 1 is 1.07 bits per heavy atom. The molecule has 1 fully saturated rings. The highest BCUT2D eigenvalue weighted by Gasteiger charge is 2.24. The molecule has 1 aliphatic heterocycles. The second-order valence-electron chi connectivity index (χ2n) is 7.11. The lowest BCUT2D eigenvalue weighted by Gasteiger charge is -2.35. The molecule has 2 amide bonds. The van der Waals surface area contributed by atoms with Gasteiger partial charge in [-0.1, -0.05) is 17.3 Å². The number of nitrogens with one attached hydrogen (secondary N) is 1. The van der Waals surface area contributed by atoms with Crippen LogP contribution in [0.25, 0.3) is 11.3 Å². The molecule has 7 nitrogen and oxygen atoms in total. The van der Waals surface area contributed by atoms with Gasteiger partial charge in [-0.15, -0.1) is 0 Å². The van der Waals surface area contributed by atoms with Gasteiger partial charge in [0, 0.05) is 37.3 Å². The number of piperazine rings is 1. The number of hydrogen-bond donors (Lipinski definition) is 1. The van der Waals surface area contributed by atoms with Crippen LogP contribution >= 0.6 is 0 Å². The number of rotatable bonds is 3. The van der Waals surface area contributed by atoms with Crippen LogP contribution in [-0.4, -0.2) is 47.3 Å². The van der Waals surface area contributed by atoms with Gasteiger partial charge in [-0.2, -0.15) is 0 Å². The quantitative estimate of drug-likeness (QED) is 0.703. The molecule has 0 atom stereocenters. The molecule has 0 spiro atoms. The Bertz CT molecular complexity index is 1080. The standard InChI is InChI=1S/C21H21F2N5O2/c1-13-14(2)26-30-20(13)25-21(29)28-11-9-27(10-12-28)18-8-4-7-17(24-18)15-5-3-6-16(22)19(15)23/h3-8H,9-12H2,1-2H3,(H,25,29). The number of halogens is 2. The first kappa shape index (κ1) is 19.8. The predicted molar refractivity (Wildman–Crippen MR) is 108 cm³/mol. The van der Waals surface area contributed by atoms with E-state index < -0.39 is 11.6 Å². The number of benzene rings is 1. The zero-order valence-corrected chi connectivity index (χ0v) is 16.7. The molecule has 0 aliphatic carbocycles. The Hall–Kier alpha value is -3.49. The highest BCUT2D eigenvalue weighted by Crippen LogP contribution is 2.25. The number of pyridine rings is 1. The van der Waals surface area contributed by atoms with E-state index in [-0.39, 0.29) is 11.6 Å². The molecule has 30 heavy (non-hydrogen) atoms. The van der Waals surface area contributed by atoms with E-state index >= 15 is 0 Å². The lowest BCUT2D eigenvalue weighted by atomic mass is 10.1. The van der Waals surface area contributed by atoms with E-state index in [1.54, 1.807) is 17.0 Å². The summed E-state index contributed by atoms with van der Waals surface area (Å²) in [6.07, 6.45) is 0. The van der Waals surface area contributed by atoms with Gasteiger partial charge in [-0.3, -0.25) is 5.32 Å². The Morgan fingerprint density at radius 3 is 2.50 bits per heavy atom. The van der Waals surface area contributed by atoms with Gasteiger partial charge in [0.05, 0.1) is 11.4 Å². The van der Waals surface area contributed by atoms with E-state index in [0.717, 1.165) is 17.3 Å². The summed E-state index contributed by atoms with van der Waals surface area (Å²) in [6.45, 7) is 5.73. The van der Waals surface area contributed by atoms with Crippen molar-refractivity contribution in [3.8, 4) is 11.3 Å². The molecule has 0 radical (unpaired) electrons. The number of carbonyl (C=O) groups is 1. The topological polar surface area (TPSA) is 74.5 Å². The maximum absolute atomic E-state index is 14.1. The number of urea groups is 1. The van der Waals surface area contributed by atoms with E-state index in [9.17, 15) is 13.6 Å². The second kappa shape index (κ2) is 8.10. The summed E-state index contributed by atoms with van der Waals surface area (Å²) in [7, 11) is 0. The van der Waals surface area contributed by atoms with Gasteiger partial charge in [0.1, 0.15) is 5.82 Å². The van der Waals surface area contributed by atoms with Gasteiger partial charge < -0.3 is 14.3 Å². The van der Waals surface area contributed by atoms with Crippen molar-refractivity contribution in [2.75, 3.05) is 36.4 Å². The maximum Gasteiger partial charge on any atom is 0.324 e. The van der Waals surface area contributed by atoms with E-state index in [4.69, 9.17) is 4.52 Å². The van der Waals surface area contributed by atoms with Crippen molar-refractivity contribution in [1.82, 2.24) is 15.0 Å². The van der Waals surface area contributed by atoms with Gasteiger partial charge in [0.2, 0.25) is 5.88 Å². The minimum Gasteiger partial charge on any atom is -0.353 e. The largest absolute Gasteiger partial charge is 0.353 e. The molecule has 4 rings (SSSR count). The van der Waals surface area contributed by atoms with Gasteiger partial charge in [0.25, 0.3) is 0 Å². The van der Waals surface area contributed by atoms with E-state index in [1.807, 2.05) is 24.8 Å². The summed E-state index contributed by atoms with van der Waals surface area (Å²) in [5.74, 6) is -0.817. The average Bonchev–Trinajstić information content (AvgIpc) is 3.08. The minimum atomic E-state index is -0.915. The number of hydrogen-bond acceptors (Lipinski definition) is 5. The molecule has 156 valence electrons. The van der Waals surface area contributed by atoms with Gasteiger partial charge >= 0.3 is 6.03 Å². The summed E-state index contributed by atoms with van der Waals surface area (Å²) in [5.41, 5.74) is 2.01. The van der Waals surface area contributed by atoms with Crippen molar-refractivity contribution in [3.63, 3.8) is 0 Å². The number of carbonyl (C=O) groups excluding carboxylic acids is 1. The molecular weight excluding hydrogens is 392 g/mol. The first-order valence-corrected chi connectivity index (χ1v) is 9.59. The Labute approximate surface area is 172 Å². The molecule has 0 bridgehead atoms. The summed E-state index contributed by atoms with van der Waals surface area (Å²) >= 11 is 0. The molecule has 1 aromatic carbocycles. The van der Waals surface area contributed by atoms with Crippen LogP contribution in [0.2, 0.25) is 0 Å². The van der Waals surface area contributed by atoms with Crippen LogP contribution < -0.4 is 10.2 Å². The smallest absolute Gasteiger partial charge is 0.324 e. The number of amides is 2. The average molecular weight is 413 g/mol. The first-order chi connectivity index (χ1) is 14.4. The van der Waals surface area contributed by atoms with E-state index in [0.29, 0.717) is 43.6 Å². The zero-order valence-electron chi connectivity index (χ0n) is 16.7. The fourth-order valence-corrected chi connectivity index (χ4v) is 3.30. The zero-order chi connectivity index (χ0) is 21.3. The SMILES string of the molecule is Cc1noc(NC(=O)N2CCN(c3cccc(-c4cccc(F)c4F)n3)CC2)c1C. The van der Waals surface area contributed by atoms with Crippen LogP contribution in [0.1, 0.15) is 11.3 Å². The van der Waals surface area contributed by atoms with Crippen LogP contribution in [0.3, 0.4) is 0 Å². The molecule has 0 saturated carbocycles. The van der Waals surface area contributed by atoms with Crippen molar-refractivity contribution in [2.24, 2.45) is 0 Å². The van der Waals surface area contributed by atoms with Crippen molar-refractivity contribution in [1.29, 1.82) is 0 Å². The monoisotopic (exact) mass is 413 g/mol. The van der Waals surface area contributed by atoms with E-state index in [2.05, 4.69) is 15.5 Å². The number of nitrogens with zero attached hydrogens (tertiary/aromatic N) is 4. The number of aryl methyl sites for hydroxylation is 1. The summed E-state index contributed by atoms with van der Waals surface area (Å²) < 4.78 is 32.8. The summed E-state index contributed by atoms with van der Waals surface area (Å²) in [4.78, 5) is 20.7. The Balaban J connectivity index is 1.42. The third-order valence-electron chi connectivity index (χ3n) is 5.23. The molecule has 0 unspecified atom stereocenters. The van der Waals surface area contributed by atoms with Crippen LogP contribution in [0, 0.1) is 25.5 Å². The van der Waals surface area contributed by atoms with Gasteiger partial charge in [0.15, 0.2) is 11.6 Å². The third kappa shape index (κ3) is 3.83. The highest BCUT2D eigenvalue weighted by molar-refractivity contribution is 5.88. The Kier molecular flexibility index (Phi) is 5.35.